The quantitative estimate of drug-likeness (QED) is 0.311. The first kappa shape index (κ1) is 24.2. The van der Waals surface area contributed by atoms with E-state index in [1.807, 2.05) is 18.2 Å². The molecule has 0 bridgehead atoms. The Morgan fingerprint density at radius 3 is 2.68 bits per heavy atom. The Bertz CT molecular complexity index is 797. The molecule has 2 aromatic rings. The van der Waals surface area contributed by atoms with Crippen molar-refractivity contribution in [3.05, 3.63) is 64.8 Å². The number of pyridine rings is 1. The fourth-order valence-corrected chi connectivity index (χ4v) is 3.35. The van der Waals surface area contributed by atoms with Gasteiger partial charge in [-0.3, -0.25) is 10.0 Å². The van der Waals surface area contributed by atoms with Gasteiger partial charge in [-0.1, -0.05) is 41.9 Å². The summed E-state index contributed by atoms with van der Waals surface area (Å²) in [6, 6.07) is 12.1. The van der Waals surface area contributed by atoms with Crippen LogP contribution >= 0.6 is 36.4 Å². The highest BCUT2D eigenvalue weighted by atomic mass is 35.5. The van der Waals surface area contributed by atoms with E-state index in [4.69, 9.17) is 16.8 Å². The highest BCUT2D eigenvalue weighted by Gasteiger charge is 2.34. The van der Waals surface area contributed by atoms with Crippen LogP contribution in [-0.4, -0.2) is 34.7 Å². The number of carbonyl (C=O) groups is 1. The fraction of sp³-hybridized carbons (Fsp3) is 0.263. The minimum atomic E-state index is -0.609. The molecular weight excluding hydrogens is 423 g/mol. The number of nitrogens with one attached hydrogen (secondary N) is 3. The van der Waals surface area contributed by atoms with Gasteiger partial charge in [-0.2, -0.15) is 0 Å². The molecule has 0 radical (unpaired) electrons. The molecule has 9 heteroatoms. The number of carbonyl (C=O) groups excluding carboxylic acids is 1. The van der Waals surface area contributed by atoms with Gasteiger partial charge in [0.1, 0.15) is 5.82 Å². The average molecular weight is 446 g/mol. The summed E-state index contributed by atoms with van der Waals surface area (Å²) in [5.74, 6) is 0.0113. The zero-order chi connectivity index (χ0) is 18.4. The molecule has 3 rings (SSSR count). The van der Waals surface area contributed by atoms with Crippen molar-refractivity contribution in [3.8, 4) is 0 Å². The maximum absolute atomic E-state index is 11.1. The molecule has 2 heterocycles. The van der Waals surface area contributed by atoms with Gasteiger partial charge in [-0.05, 0) is 42.7 Å². The first-order valence-electron chi connectivity index (χ1n) is 8.41. The third kappa shape index (κ3) is 6.36. The van der Waals surface area contributed by atoms with E-state index in [1.165, 1.54) is 23.2 Å². The minimum absolute atomic E-state index is 0. The van der Waals surface area contributed by atoms with Crippen LogP contribution in [0.15, 0.2) is 48.7 Å². The maximum Gasteiger partial charge on any atom is 0.267 e. The number of halogens is 3. The number of rotatable bonds is 6. The number of aromatic nitrogens is 1. The summed E-state index contributed by atoms with van der Waals surface area (Å²) in [7, 11) is 0. The lowest BCUT2D eigenvalue weighted by Crippen LogP contribution is -2.43. The van der Waals surface area contributed by atoms with Crippen molar-refractivity contribution >= 4 is 54.2 Å². The Morgan fingerprint density at radius 2 is 2.07 bits per heavy atom. The Kier molecular flexibility index (Phi) is 9.72. The molecular formula is C19H23Cl3N4O2. The summed E-state index contributed by atoms with van der Waals surface area (Å²) in [6.07, 6.45) is 6.21. The first-order valence-corrected chi connectivity index (χ1v) is 8.79. The van der Waals surface area contributed by atoms with Crippen molar-refractivity contribution < 1.29 is 10.0 Å². The molecule has 6 nitrogen and oxygen atoms in total. The molecule has 152 valence electrons. The number of benzene rings is 1. The molecule has 0 unspecified atom stereocenters. The monoisotopic (exact) mass is 444 g/mol. The second-order valence-electron chi connectivity index (χ2n) is 6.40. The molecule has 0 saturated carbocycles. The minimum Gasteiger partial charge on any atom is -0.362 e. The molecule has 0 aliphatic carbocycles. The molecule has 28 heavy (non-hydrogen) atoms. The predicted octanol–water partition coefficient (Wildman–Crippen LogP) is 3.48. The zero-order valence-corrected chi connectivity index (χ0v) is 17.4. The van der Waals surface area contributed by atoms with Gasteiger partial charge >= 0.3 is 0 Å². The summed E-state index contributed by atoms with van der Waals surface area (Å²) >= 11 is 6.39. The summed E-state index contributed by atoms with van der Waals surface area (Å²) in [5.41, 5.74) is 3.32. The lowest BCUT2D eigenvalue weighted by atomic mass is 9.90. The van der Waals surface area contributed by atoms with E-state index in [9.17, 15) is 4.79 Å². The lowest BCUT2D eigenvalue weighted by molar-refractivity contribution is -0.124. The van der Waals surface area contributed by atoms with Crippen LogP contribution in [0, 0.1) is 0 Å². The Labute approximate surface area is 181 Å². The first-order chi connectivity index (χ1) is 12.6. The Morgan fingerprint density at radius 1 is 1.32 bits per heavy atom. The van der Waals surface area contributed by atoms with Gasteiger partial charge in [0.15, 0.2) is 0 Å². The Hall–Kier alpha value is -1.83. The van der Waals surface area contributed by atoms with Gasteiger partial charge in [-0.25, -0.2) is 10.5 Å². The highest BCUT2D eigenvalue weighted by Crippen LogP contribution is 2.29. The third-order valence-corrected chi connectivity index (χ3v) is 4.70. The van der Waals surface area contributed by atoms with E-state index in [-0.39, 0.29) is 30.4 Å². The van der Waals surface area contributed by atoms with Crippen LogP contribution in [0.25, 0.3) is 6.08 Å². The van der Waals surface area contributed by atoms with Gasteiger partial charge in [0.25, 0.3) is 5.91 Å². The van der Waals surface area contributed by atoms with Crippen molar-refractivity contribution in [2.24, 2.45) is 0 Å². The van der Waals surface area contributed by atoms with Crippen molar-refractivity contribution in [1.82, 2.24) is 15.8 Å². The van der Waals surface area contributed by atoms with Gasteiger partial charge in [-0.15, -0.1) is 24.8 Å². The topological polar surface area (TPSA) is 86.3 Å². The van der Waals surface area contributed by atoms with Crippen LogP contribution in [0.3, 0.4) is 0 Å². The fourth-order valence-electron chi connectivity index (χ4n) is 3.13. The van der Waals surface area contributed by atoms with Crippen LogP contribution in [0.4, 0.5) is 5.82 Å². The summed E-state index contributed by atoms with van der Waals surface area (Å²) in [6.45, 7) is 1.77. The van der Waals surface area contributed by atoms with Crippen LogP contribution in [0.1, 0.15) is 17.5 Å². The molecule has 1 aromatic carbocycles. The molecule has 4 N–H and O–H groups in total. The summed E-state index contributed by atoms with van der Waals surface area (Å²) in [4.78, 5) is 15.5. The van der Waals surface area contributed by atoms with E-state index in [1.54, 1.807) is 12.3 Å². The van der Waals surface area contributed by atoms with Gasteiger partial charge in [0.05, 0.1) is 10.6 Å². The van der Waals surface area contributed by atoms with Crippen LogP contribution in [-0.2, 0) is 11.2 Å². The summed E-state index contributed by atoms with van der Waals surface area (Å²) < 4.78 is 0. The number of nitrogens with zero attached hydrogens (tertiary/aromatic N) is 1. The Balaban J connectivity index is 0.00000196. The third-order valence-electron chi connectivity index (χ3n) is 4.41. The molecule has 0 spiro atoms. The van der Waals surface area contributed by atoms with E-state index in [2.05, 4.69) is 27.8 Å². The van der Waals surface area contributed by atoms with Gasteiger partial charge in [0.2, 0.25) is 0 Å². The smallest absolute Gasteiger partial charge is 0.267 e. The number of hydroxylamine groups is 1. The second-order valence-corrected chi connectivity index (χ2v) is 6.81. The van der Waals surface area contributed by atoms with Crippen LogP contribution in [0.2, 0.25) is 5.02 Å². The molecule has 1 amide bonds. The van der Waals surface area contributed by atoms with Crippen molar-refractivity contribution in [3.63, 3.8) is 0 Å². The largest absolute Gasteiger partial charge is 0.362 e. The highest BCUT2D eigenvalue weighted by molar-refractivity contribution is 6.33. The molecule has 1 aromatic heterocycles. The summed E-state index contributed by atoms with van der Waals surface area (Å²) in [5, 5.41) is 15.9. The molecule has 1 fully saturated rings. The van der Waals surface area contributed by atoms with Crippen LogP contribution in [0.5, 0.6) is 0 Å². The van der Waals surface area contributed by atoms with Gasteiger partial charge in [0, 0.05) is 18.8 Å². The van der Waals surface area contributed by atoms with Crippen molar-refractivity contribution in [2.45, 2.75) is 18.4 Å². The van der Waals surface area contributed by atoms with E-state index in [0.717, 1.165) is 25.9 Å². The number of hydrogen-bond acceptors (Lipinski definition) is 5. The van der Waals surface area contributed by atoms with E-state index < -0.39 is 5.91 Å². The number of amides is 1. The predicted molar refractivity (Wildman–Crippen MR) is 117 cm³/mol. The molecule has 1 aliphatic heterocycles. The lowest BCUT2D eigenvalue weighted by Gasteiger charge is -2.31. The zero-order valence-electron chi connectivity index (χ0n) is 15.0. The van der Waals surface area contributed by atoms with Crippen molar-refractivity contribution in [1.29, 1.82) is 0 Å². The van der Waals surface area contributed by atoms with Crippen molar-refractivity contribution in [2.75, 3.05) is 18.4 Å². The molecule has 1 saturated heterocycles. The SMILES string of the molecule is Cl.Cl.O=C(/C=C/c1cnc(N[C@@]2(Cc3ccccc3)CCNC2)c(Cl)c1)NO. The molecule has 1 aliphatic rings. The van der Waals surface area contributed by atoms with Crippen LogP contribution < -0.4 is 16.1 Å². The molecule has 1 atom stereocenters. The standard InChI is InChI=1S/C19H21ClN4O2.2ClH/c20-16-10-15(6-7-17(25)24-26)12-22-18(16)23-19(8-9-21-13-19)11-14-4-2-1-3-5-14;;/h1-7,10,12,21,26H,8-9,11,13H2,(H,22,23)(H,24,25);2*1H/b7-6+;;/t19-;;/m1../s1. The number of hydrogen-bond donors (Lipinski definition) is 4. The maximum atomic E-state index is 11.1. The van der Waals surface area contributed by atoms with Gasteiger partial charge < -0.3 is 10.6 Å². The van der Waals surface area contributed by atoms with E-state index in [0.29, 0.717) is 16.4 Å². The average Bonchev–Trinajstić information content (AvgIpc) is 3.10. The normalized spacial score (nSPS) is 18.2. The second kappa shape index (κ2) is 11.2. The van der Waals surface area contributed by atoms with E-state index >= 15 is 0 Å². The number of anilines is 1.